The number of halogens is 2. The van der Waals surface area contributed by atoms with Crippen molar-refractivity contribution >= 4 is 29.1 Å². The third kappa shape index (κ3) is 3.92. The molecule has 0 spiro atoms. The zero-order chi connectivity index (χ0) is 12.8. The molecule has 1 rings (SSSR count). The lowest BCUT2D eigenvalue weighted by Crippen LogP contribution is -2.34. The van der Waals surface area contributed by atoms with E-state index in [9.17, 15) is 4.79 Å². The first-order valence-electron chi connectivity index (χ1n) is 5.21. The van der Waals surface area contributed by atoms with E-state index in [0.717, 1.165) is 0 Å². The number of nitrogens with one attached hydrogen (secondary N) is 1. The predicted molar refractivity (Wildman–Crippen MR) is 68.2 cm³/mol. The van der Waals surface area contributed by atoms with Crippen molar-refractivity contribution in [3.05, 3.63) is 33.8 Å². The van der Waals surface area contributed by atoms with Gasteiger partial charge < -0.3 is 5.32 Å². The van der Waals surface area contributed by atoms with Crippen LogP contribution in [-0.2, 0) is 0 Å². The minimum Gasteiger partial charge on any atom is -0.348 e. The Morgan fingerprint density at radius 1 is 1.53 bits per heavy atom. The minimum atomic E-state index is -0.284. The molecule has 1 aromatic carbocycles. The fourth-order valence-electron chi connectivity index (χ4n) is 1.34. The van der Waals surface area contributed by atoms with E-state index in [1.165, 1.54) is 6.07 Å². The summed E-state index contributed by atoms with van der Waals surface area (Å²) in [7, 11) is 0. The van der Waals surface area contributed by atoms with Gasteiger partial charge in [0.1, 0.15) is 0 Å². The third-order valence-electron chi connectivity index (χ3n) is 2.34. The Labute approximate surface area is 110 Å². The van der Waals surface area contributed by atoms with Crippen LogP contribution >= 0.6 is 23.2 Å². The summed E-state index contributed by atoms with van der Waals surface area (Å²) in [6.45, 7) is 1.91. The van der Waals surface area contributed by atoms with E-state index < -0.39 is 0 Å². The molecule has 1 unspecified atom stereocenters. The molecule has 0 saturated heterocycles. The number of benzene rings is 1. The number of hydrogen-bond donors (Lipinski definition) is 1. The van der Waals surface area contributed by atoms with Crippen molar-refractivity contribution in [1.29, 1.82) is 5.26 Å². The smallest absolute Gasteiger partial charge is 0.253 e. The van der Waals surface area contributed by atoms with Gasteiger partial charge in [-0.3, -0.25) is 4.79 Å². The van der Waals surface area contributed by atoms with Gasteiger partial charge in [0.2, 0.25) is 0 Å². The molecule has 90 valence electrons. The molecule has 0 aliphatic carbocycles. The van der Waals surface area contributed by atoms with Gasteiger partial charge in [0.15, 0.2) is 0 Å². The summed E-state index contributed by atoms with van der Waals surface area (Å²) in [5.74, 6) is -0.284. The first kappa shape index (κ1) is 13.8. The van der Waals surface area contributed by atoms with Gasteiger partial charge in [-0.1, -0.05) is 30.1 Å². The third-order valence-corrected chi connectivity index (χ3v) is 2.89. The van der Waals surface area contributed by atoms with Crippen LogP contribution in [0.25, 0.3) is 0 Å². The molecule has 0 bridgehead atoms. The fourth-order valence-corrected chi connectivity index (χ4v) is 1.84. The van der Waals surface area contributed by atoms with Crippen LogP contribution in [0.4, 0.5) is 0 Å². The summed E-state index contributed by atoms with van der Waals surface area (Å²) in [4.78, 5) is 11.9. The number of carbonyl (C=O) groups excluding carboxylic acids is 1. The highest BCUT2D eigenvalue weighted by atomic mass is 35.5. The van der Waals surface area contributed by atoms with Crippen LogP contribution in [0.5, 0.6) is 0 Å². The first-order chi connectivity index (χ1) is 8.08. The molecule has 0 heterocycles. The van der Waals surface area contributed by atoms with E-state index in [-0.39, 0.29) is 18.4 Å². The summed E-state index contributed by atoms with van der Waals surface area (Å²) >= 11 is 11.7. The second-order valence-electron chi connectivity index (χ2n) is 3.57. The topological polar surface area (TPSA) is 52.9 Å². The first-order valence-corrected chi connectivity index (χ1v) is 5.97. The molecule has 17 heavy (non-hydrogen) atoms. The number of nitriles is 1. The summed E-state index contributed by atoms with van der Waals surface area (Å²) in [5.41, 5.74) is 0.368. The molecule has 5 heteroatoms. The zero-order valence-electron chi connectivity index (χ0n) is 9.34. The second kappa shape index (κ2) is 6.48. The van der Waals surface area contributed by atoms with Crippen molar-refractivity contribution in [3.8, 4) is 6.07 Å². The maximum absolute atomic E-state index is 11.9. The lowest BCUT2D eigenvalue weighted by Gasteiger charge is -2.14. The maximum Gasteiger partial charge on any atom is 0.253 e. The highest BCUT2D eigenvalue weighted by Crippen LogP contribution is 2.21. The van der Waals surface area contributed by atoms with Crippen LogP contribution in [0.2, 0.25) is 10.0 Å². The summed E-state index contributed by atoms with van der Waals surface area (Å²) < 4.78 is 0. The molecule has 3 nitrogen and oxygen atoms in total. The maximum atomic E-state index is 11.9. The molecule has 0 aliphatic rings. The Morgan fingerprint density at radius 2 is 2.24 bits per heavy atom. The number of nitrogens with zero attached hydrogens (tertiary/aromatic N) is 1. The molecule has 0 aromatic heterocycles. The van der Waals surface area contributed by atoms with E-state index in [1.54, 1.807) is 12.1 Å². The molecule has 1 N–H and O–H groups in total. The van der Waals surface area contributed by atoms with Crippen molar-refractivity contribution in [2.24, 2.45) is 0 Å². The summed E-state index contributed by atoms with van der Waals surface area (Å²) in [6.07, 6.45) is 0.984. The standard InChI is InChI=1S/C12H12Cl2N2O/c1-2-9(5-6-15)16-12(17)10-4-3-8(13)7-11(10)14/h3-4,7,9H,2,5H2,1H3,(H,16,17). The Bertz CT molecular complexity index is 454. The number of hydrogen-bond acceptors (Lipinski definition) is 2. The largest absolute Gasteiger partial charge is 0.348 e. The summed E-state index contributed by atoms with van der Waals surface area (Å²) in [5, 5.41) is 12.1. The van der Waals surface area contributed by atoms with Gasteiger partial charge in [-0.15, -0.1) is 0 Å². The Balaban J connectivity index is 2.79. The molecule has 0 fully saturated rings. The highest BCUT2D eigenvalue weighted by Gasteiger charge is 2.14. The zero-order valence-corrected chi connectivity index (χ0v) is 10.8. The molecule has 1 aromatic rings. The molecule has 0 radical (unpaired) electrons. The van der Waals surface area contributed by atoms with Crippen LogP contribution < -0.4 is 5.32 Å². The quantitative estimate of drug-likeness (QED) is 0.912. The van der Waals surface area contributed by atoms with Crippen LogP contribution in [0, 0.1) is 11.3 Å². The average molecular weight is 271 g/mol. The van der Waals surface area contributed by atoms with E-state index in [2.05, 4.69) is 5.32 Å². The molecule has 0 saturated carbocycles. The Morgan fingerprint density at radius 3 is 2.76 bits per heavy atom. The van der Waals surface area contributed by atoms with Crippen molar-refractivity contribution in [2.45, 2.75) is 25.8 Å². The van der Waals surface area contributed by atoms with E-state index in [0.29, 0.717) is 22.0 Å². The van der Waals surface area contributed by atoms with Crippen LogP contribution in [-0.4, -0.2) is 11.9 Å². The van der Waals surface area contributed by atoms with E-state index >= 15 is 0 Å². The molecular weight excluding hydrogens is 259 g/mol. The van der Waals surface area contributed by atoms with Crippen LogP contribution in [0.15, 0.2) is 18.2 Å². The highest BCUT2D eigenvalue weighted by molar-refractivity contribution is 6.36. The van der Waals surface area contributed by atoms with Gasteiger partial charge in [-0.2, -0.15) is 5.26 Å². The Hall–Kier alpha value is -1.24. The molecule has 1 amide bonds. The SMILES string of the molecule is CCC(CC#N)NC(=O)c1ccc(Cl)cc1Cl. The van der Waals surface area contributed by atoms with Crippen molar-refractivity contribution < 1.29 is 4.79 Å². The fraction of sp³-hybridized carbons (Fsp3) is 0.333. The number of rotatable bonds is 4. The summed E-state index contributed by atoms with van der Waals surface area (Å²) in [6, 6.07) is 6.57. The van der Waals surface area contributed by atoms with Gasteiger partial charge >= 0.3 is 0 Å². The minimum absolute atomic E-state index is 0.153. The van der Waals surface area contributed by atoms with Crippen LogP contribution in [0.3, 0.4) is 0 Å². The van der Waals surface area contributed by atoms with Crippen LogP contribution in [0.1, 0.15) is 30.1 Å². The van der Waals surface area contributed by atoms with Gasteiger partial charge in [0, 0.05) is 11.1 Å². The predicted octanol–water partition coefficient (Wildman–Crippen LogP) is 3.42. The molecular formula is C12H12Cl2N2O. The number of amides is 1. The Kier molecular flexibility index (Phi) is 5.27. The van der Waals surface area contributed by atoms with E-state index in [1.807, 2.05) is 13.0 Å². The number of carbonyl (C=O) groups is 1. The molecule has 0 aliphatic heterocycles. The monoisotopic (exact) mass is 270 g/mol. The van der Waals surface area contributed by atoms with Gasteiger partial charge in [0.25, 0.3) is 5.91 Å². The normalized spacial score (nSPS) is 11.6. The molecule has 1 atom stereocenters. The van der Waals surface area contributed by atoms with Gasteiger partial charge in [-0.05, 0) is 24.6 Å². The lowest BCUT2D eigenvalue weighted by atomic mass is 10.1. The van der Waals surface area contributed by atoms with Gasteiger partial charge in [-0.25, -0.2) is 0 Å². The van der Waals surface area contributed by atoms with E-state index in [4.69, 9.17) is 28.5 Å². The second-order valence-corrected chi connectivity index (χ2v) is 4.41. The van der Waals surface area contributed by atoms with Crippen molar-refractivity contribution in [1.82, 2.24) is 5.32 Å². The van der Waals surface area contributed by atoms with Gasteiger partial charge in [0.05, 0.1) is 23.1 Å². The lowest BCUT2D eigenvalue weighted by molar-refractivity contribution is 0.0937. The van der Waals surface area contributed by atoms with Crippen molar-refractivity contribution in [2.75, 3.05) is 0 Å². The van der Waals surface area contributed by atoms with Crippen molar-refractivity contribution in [3.63, 3.8) is 0 Å². The average Bonchev–Trinajstić information content (AvgIpc) is 2.28.